The summed E-state index contributed by atoms with van der Waals surface area (Å²) in [5.74, 6) is -0.929. The maximum absolute atomic E-state index is 11.5. The monoisotopic (exact) mass is 253 g/mol. The summed E-state index contributed by atoms with van der Waals surface area (Å²) in [7, 11) is 1.22. The fourth-order valence-corrected chi connectivity index (χ4v) is 1.48. The number of esters is 2. The van der Waals surface area contributed by atoms with Crippen LogP contribution in [0.1, 0.15) is 0 Å². The van der Waals surface area contributed by atoms with E-state index < -0.39 is 11.9 Å². The van der Waals surface area contributed by atoms with Crippen LogP contribution in [0.5, 0.6) is 5.75 Å². The Morgan fingerprint density at radius 1 is 1.53 bits per heavy atom. The number of ether oxygens (including phenoxy) is 2. The van der Waals surface area contributed by atoms with E-state index in [2.05, 4.69) is 10.1 Å². The number of anilines is 1. The number of halogens is 1. The predicted molar refractivity (Wildman–Crippen MR) is 60.8 cm³/mol. The van der Waals surface area contributed by atoms with Crippen molar-refractivity contribution in [1.29, 1.82) is 0 Å². The zero-order valence-electron chi connectivity index (χ0n) is 8.82. The molecule has 2 rings (SSSR count). The van der Waals surface area contributed by atoms with E-state index in [0.717, 1.165) is 6.08 Å². The normalized spacial score (nSPS) is 15.9. The molecule has 0 unspecified atom stereocenters. The van der Waals surface area contributed by atoms with Crippen molar-refractivity contribution >= 4 is 29.2 Å². The third-order valence-corrected chi connectivity index (χ3v) is 2.33. The number of hydrogen-bond acceptors (Lipinski definition) is 5. The molecule has 1 aliphatic heterocycles. The fourth-order valence-electron chi connectivity index (χ4n) is 1.31. The van der Waals surface area contributed by atoms with Gasteiger partial charge in [-0.15, -0.1) is 0 Å². The lowest BCUT2D eigenvalue weighted by Gasteiger charge is -2.19. The molecular formula is C11H8ClNO4. The Hall–Kier alpha value is -2.01. The molecule has 1 aromatic carbocycles. The first-order valence-electron chi connectivity index (χ1n) is 4.68. The van der Waals surface area contributed by atoms with Crippen LogP contribution in [0.3, 0.4) is 0 Å². The topological polar surface area (TPSA) is 64.6 Å². The summed E-state index contributed by atoms with van der Waals surface area (Å²) >= 11 is 5.80. The molecule has 1 N–H and O–H groups in total. The Labute approximate surface area is 102 Å². The molecule has 0 spiro atoms. The van der Waals surface area contributed by atoms with Gasteiger partial charge in [0, 0.05) is 5.02 Å². The highest BCUT2D eigenvalue weighted by molar-refractivity contribution is 6.31. The summed E-state index contributed by atoms with van der Waals surface area (Å²) in [6, 6.07) is 4.76. The van der Waals surface area contributed by atoms with Crippen LogP contribution < -0.4 is 10.1 Å². The lowest BCUT2D eigenvalue weighted by molar-refractivity contribution is -0.136. The molecule has 0 saturated carbocycles. The van der Waals surface area contributed by atoms with Gasteiger partial charge in [-0.1, -0.05) is 11.6 Å². The second kappa shape index (κ2) is 4.47. The van der Waals surface area contributed by atoms with Gasteiger partial charge in [0.15, 0.2) is 5.75 Å². The molecule has 17 heavy (non-hydrogen) atoms. The number of carbonyl (C=O) groups is 2. The van der Waals surface area contributed by atoms with E-state index in [9.17, 15) is 9.59 Å². The first-order valence-corrected chi connectivity index (χ1v) is 5.06. The third-order valence-electron chi connectivity index (χ3n) is 2.10. The average Bonchev–Trinajstić information content (AvgIpc) is 2.30. The first-order chi connectivity index (χ1) is 8.10. The van der Waals surface area contributed by atoms with Crippen molar-refractivity contribution in [3.05, 3.63) is 35.0 Å². The highest BCUT2D eigenvalue weighted by Gasteiger charge is 2.23. The lowest BCUT2D eigenvalue weighted by Crippen LogP contribution is -2.24. The minimum atomic E-state index is -0.648. The molecule has 0 amide bonds. The third kappa shape index (κ3) is 2.39. The van der Waals surface area contributed by atoms with Crippen LogP contribution in [0.2, 0.25) is 5.02 Å². The van der Waals surface area contributed by atoms with Crippen LogP contribution in [0.4, 0.5) is 5.69 Å². The number of rotatable bonds is 1. The SMILES string of the molecule is COC(=O)C=C1Nc2cc(Cl)ccc2OC1=O. The predicted octanol–water partition coefficient (Wildman–Crippen LogP) is 1.73. The maximum Gasteiger partial charge on any atom is 0.360 e. The van der Waals surface area contributed by atoms with E-state index in [4.69, 9.17) is 16.3 Å². The van der Waals surface area contributed by atoms with Gasteiger partial charge in [0.25, 0.3) is 0 Å². The summed E-state index contributed by atoms with van der Waals surface area (Å²) in [6.07, 6.45) is 1.02. The Bertz CT molecular complexity index is 524. The molecule has 1 heterocycles. The van der Waals surface area contributed by atoms with Crippen molar-refractivity contribution in [1.82, 2.24) is 0 Å². The van der Waals surface area contributed by atoms with Crippen LogP contribution in [0.15, 0.2) is 30.0 Å². The Balaban J connectivity index is 2.35. The van der Waals surface area contributed by atoms with Crippen LogP contribution in [-0.4, -0.2) is 19.0 Å². The number of carbonyl (C=O) groups excluding carboxylic acids is 2. The van der Waals surface area contributed by atoms with E-state index in [1.165, 1.54) is 7.11 Å². The van der Waals surface area contributed by atoms with Gasteiger partial charge in [-0.25, -0.2) is 9.59 Å². The second-order valence-corrected chi connectivity index (χ2v) is 3.67. The highest BCUT2D eigenvalue weighted by Crippen LogP contribution is 2.32. The van der Waals surface area contributed by atoms with Gasteiger partial charge < -0.3 is 14.8 Å². The van der Waals surface area contributed by atoms with Gasteiger partial charge in [-0.3, -0.25) is 0 Å². The second-order valence-electron chi connectivity index (χ2n) is 3.24. The molecule has 0 bridgehead atoms. The molecule has 0 aliphatic carbocycles. The van der Waals surface area contributed by atoms with Gasteiger partial charge >= 0.3 is 11.9 Å². The zero-order valence-corrected chi connectivity index (χ0v) is 9.58. The van der Waals surface area contributed by atoms with Gasteiger partial charge in [-0.2, -0.15) is 0 Å². The van der Waals surface area contributed by atoms with Gasteiger partial charge in [-0.05, 0) is 18.2 Å². The van der Waals surface area contributed by atoms with Crippen molar-refractivity contribution in [2.24, 2.45) is 0 Å². The Morgan fingerprint density at radius 2 is 2.29 bits per heavy atom. The van der Waals surface area contributed by atoms with Gasteiger partial charge in [0.2, 0.25) is 0 Å². The number of nitrogens with one attached hydrogen (secondary N) is 1. The fraction of sp³-hybridized carbons (Fsp3) is 0.0909. The van der Waals surface area contributed by atoms with Crippen LogP contribution in [-0.2, 0) is 14.3 Å². The van der Waals surface area contributed by atoms with Crippen molar-refractivity contribution in [2.75, 3.05) is 12.4 Å². The molecule has 0 atom stereocenters. The molecular weight excluding hydrogens is 246 g/mol. The van der Waals surface area contributed by atoms with E-state index in [1.54, 1.807) is 18.2 Å². The summed E-state index contributed by atoms with van der Waals surface area (Å²) in [5, 5.41) is 3.25. The molecule has 1 aromatic rings. The van der Waals surface area contributed by atoms with E-state index in [1.807, 2.05) is 0 Å². The first kappa shape index (κ1) is 11.5. The standard InChI is InChI=1S/C11H8ClNO4/c1-16-10(14)5-8-11(15)17-9-3-2-6(12)4-7(9)13-8/h2-5,13H,1H3. The molecule has 0 radical (unpaired) electrons. The summed E-state index contributed by atoms with van der Waals surface area (Å²) < 4.78 is 9.43. The van der Waals surface area contributed by atoms with Crippen LogP contribution in [0.25, 0.3) is 0 Å². The number of methoxy groups -OCH3 is 1. The van der Waals surface area contributed by atoms with Crippen LogP contribution >= 0.6 is 11.6 Å². The minimum Gasteiger partial charge on any atom is -0.466 e. The molecule has 88 valence electrons. The molecule has 0 fully saturated rings. The highest BCUT2D eigenvalue weighted by atomic mass is 35.5. The molecule has 0 aromatic heterocycles. The average molecular weight is 254 g/mol. The minimum absolute atomic E-state index is 0.00613. The lowest BCUT2D eigenvalue weighted by atomic mass is 10.2. The van der Waals surface area contributed by atoms with Crippen molar-refractivity contribution in [3.8, 4) is 5.75 Å². The Kier molecular flexibility index (Phi) is 3.01. The Morgan fingerprint density at radius 3 is 3.00 bits per heavy atom. The van der Waals surface area contributed by atoms with E-state index >= 15 is 0 Å². The van der Waals surface area contributed by atoms with Crippen molar-refractivity contribution in [3.63, 3.8) is 0 Å². The van der Waals surface area contributed by atoms with E-state index in [0.29, 0.717) is 16.5 Å². The maximum atomic E-state index is 11.5. The number of hydrogen-bond donors (Lipinski definition) is 1. The van der Waals surface area contributed by atoms with E-state index in [-0.39, 0.29) is 5.70 Å². The summed E-state index contributed by atoms with van der Waals surface area (Å²) in [6.45, 7) is 0. The van der Waals surface area contributed by atoms with Crippen LogP contribution in [0, 0.1) is 0 Å². The molecule has 5 nitrogen and oxygen atoms in total. The smallest absolute Gasteiger partial charge is 0.360 e. The quantitative estimate of drug-likeness (QED) is 0.469. The van der Waals surface area contributed by atoms with Gasteiger partial charge in [0.1, 0.15) is 5.70 Å². The van der Waals surface area contributed by atoms with Gasteiger partial charge in [0.05, 0.1) is 18.9 Å². The molecule has 6 heteroatoms. The summed E-state index contributed by atoms with van der Waals surface area (Å²) in [5.41, 5.74) is 0.527. The zero-order chi connectivity index (χ0) is 12.4. The largest absolute Gasteiger partial charge is 0.466 e. The number of benzene rings is 1. The summed E-state index contributed by atoms with van der Waals surface area (Å²) in [4.78, 5) is 22.5. The van der Waals surface area contributed by atoms with Crippen molar-refractivity contribution < 1.29 is 19.1 Å². The molecule has 1 aliphatic rings. The molecule has 0 saturated heterocycles. The van der Waals surface area contributed by atoms with Crippen molar-refractivity contribution in [2.45, 2.75) is 0 Å². The number of fused-ring (bicyclic) bond motifs is 1.